The second-order valence-electron chi connectivity index (χ2n) is 3.78. The fraction of sp³-hybridized carbons (Fsp3) is 0.455. The van der Waals surface area contributed by atoms with E-state index < -0.39 is 6.10 Å². The molecule has 0 fully saturated rings. The highest BCUT2D eigenvalue weighted by Crippen LogP contribution is 2.21. The Labute approximate surface area is 88.7 Å². The standard InChI is InChI=1S/C11H15NO3/c1-8-3-6-11(12(14)15)10(7-8)5-4-9(2)13/h3,6-7,9,13H,4-5H2,1-2H3/t9-/m1/s1. The van der Waals surface area contributed by atoms with Crippen LogP contribution in [0.3, 0.4) is 0 Å². The summed E-state index contributed by atoms with van der Waals surface area (Å²) in [7, 11) is 0. The van der Waals surface area contributed by atoms with Crippen molar-refractivity contribution >= 4 is 5.69 Å². The molecule has 1 aromatic carbocycles. The van der Waals surface area contributed by atoms with Crippen molar-refractivity contribution in [1.82, 2.24) is 0 Å². The summed E-state index contributed by atoms with van der Waals surface area (Å²) in [4.78, 5) is 10.3. The number of hydrogen-bond donors (Lipinski definition) is 1. The Morgan fingerprint density at radius 1 is 1.53 bits per heavy atom. The van der Waals surface area contributed by atoms with Gasteiger partial charge in [0.25, 0.3) is 5.69 Å². The largest absolute Gasteiger partial charge is 0.393 e. The topological polar surface area (TPSA) is 63.4 Å². The summed E-state index contributed by atoms with van der Waals surface area (Å²) in [6.45, 7) is 3.58. The molecule has 0 heterocycles. The number of aliphatic hydroxyl groups is 1. The zero-order chi connectivity index (χ0) is 11.4. The molecule has 0 unspecified atom stereocenters. The van der Waals surface area contributed by atoms with E-state index in [0.29, 0.717) is 18.4 Å². The average Bonchev–Trinajstić information content (AvgIpc) is 2.14. The van der Waals surface area contributed by atoms with E-state index in [1.54, 1.807) is 19.1 Å². The molecule has 0 aliphatic heterocycles. The van der Waals surface area contributed by atoms with Crippen LogP contribution >= 0.6 is 0 Å². The number of benzene rings is 1. The van der Waals surface area contributed by atoms with Gasteiger partial charge >= 0.3 is 0 Å². The number of rotatable bonds is 4. The van der Waals surface area contributed by atoms with E-state index in [1.165, 1.54) is 6.07 Å². The minimum atomic E-state index is -0.426. The van der Waals surface area contributed by atoms with Gasteiger partial charge in [-0.25, -0.2) is 0 Å². The lowest BCUT2D eigenvalue weighted by atomic mass is 10.0. The third kappa shape index (κ3) is 3.32. The molecular weight excluding hydrogens is 194 g/mol. The van der Waals surface area contributed by atoms with Crippen LogP contribution in [0, 0.1) is 17.0 Å². The van der Waals surface area contributed by atoms with E-state index in [-0.39, 0.29) is 10.6 Å². The molecule has 0 bridgehead atoms. The molecule has 1 rings (SSSR count). The summed E-state index contributed by atoms with van der Waals surface area (Å²) in [5, 5.41) is 19.9. The maximum absolute atomic E-state index is 10.7. The van der Waals surface area contributed by atoms with Crippen molar-refractivity contribution in [1.29, 1.82) is 0 Å². The van der Waals surface area contributed by atoms with Gasteiger partial charge in [-0.3, -0.25) is 10.1 Å². The molecule has 4 nitrogen and oxygen atoms in total. The summed E-state index contributed by atoms with van der Waals surface area (Å²) >= 11 is 0. The Kier molecular flexibility index (Phi) is 3.80. The summed E-state index contributed by atoms with van der Waals surface area (Å²) in [5.74, 6) is 0. The first-order valence-corrected chi connectivity index (χ1v) is 4.92. The van der Waals surface area contributed by atoms with Crippen molar-refractivity contribution < 1.29 is 10.0 Å². The lowest BCUT2D eigenvalue weighted by Gasteiger charge is -2.05. The SMILES string of the molecule is Cc1ccc([N+](=O)[O-])c(CC[C@@H](C)O)c1. The summed E-state index contributed by atoms with van der Waals surface area (Å²) in [6.07, 6.45) is 0.657. The van der Waals surface area contributed by atoms with Gasteiger partial charge in [0.05, 0.1) is 11.0 Å². The predicted octanol–water partition coefficient (Wildman–Crippen LogP) is 2.22. The molecule has 0 aromatic heterocycles. The van der Waals surface area contributed by atoms with Gasteiger partial charge in [-0.05, 0) is 32.8 Å². The van der Waals surface area contributed by atoms with Crippen molar-refractivity contribution in [3.8, 4) is 0 Å². The fourth-order valence-corrected chi connectivity index (χ4v) is 1.46. The van der Waals surface area contributed by atoms with Gasteiger partial charge in [-0.2, -0.15) is 0 Å². The van der Waals surface area contributed by atoms with E-state index in [0.717, 1.165) is 5.56 Å². The van der Waals surface area contributed by atoms with Crippen LogP contribution in [0.5, 0.6) is 0 Å². The minimum absolute atomic E-state index is 0.140. The minimum Gasteiger partial charge on any atom is -0.393 e. The first kappa shape index (κ1) is 11.7. The van der Waals surface area contributed by atoms with Crippen molar-refractivity contribution in [2.24, 2.45) is 0 Å². The second kappa shape index (κ2) is 4.89. The van der Waals surface area contributed by atoms with Gasteiger partial charge in [-0.15, -0.1) is 0 Å². The Morgan fingerprint density at radius 3 is 2.73 bits per heavy atom. The molecular formula is C11H15NO3. The van der Waals surface area contributed by atoms with Crippen molar-refractivity contribution in [2.45, 2.75) is 32.8 Å². The molecule has 0 saturated heterocycles. The van der Waals surface area contributed by atoms with E-state index in [4.69, 9.17) is 5.11 Å². The van der Waals surface area contributed by atoms with Crippen LogP contribution in [-0.2, 0) is 6.42 Å². The Morgan fingerprint density at radius 2 is 2.20 bits per heavy atom. The monoisotopic (exact) mass is 209 g/mol. The second-order valence-corrected chi connectivity index (χ2v) is 3.78. The van der Waals surface area contributed by atoms with Crippen LogP contribution in [0.2, 0.25) is 0 Å². The quantitative estimate of drug-likeness (QED) is 0.610. The third-order valence-corrected chi connectivity index (χ3v) is 2.26. The van der Waals surface area contributed by atoms with Gasteiger partial charge < -0.3 is 5.11 Å². The molecule has 1 N–H and O–H groups in total. The number of nitrogens with zero attached hydrogens (tertiary/aromatic N) is 1. The molecule has 0 radical (unpaired) electrons. The van der Waals surface area contributed by atoms with Crippen LogP contribution < -0.4 is 0 Å². The Balaban J connectivity index is 2.92. The first-order valence-electron chi connectivity index (χ1n) is 4.92. The van der Waals surface area contributed by atoms with Crippen LogP contribution in [-0.4, -0.2) is 16.1 Å². The molecule has 0 aliphatic rings. The highest BCUT2D eigenvalue weighted by Gasteiger charge is 2.13. The number of aliphatic hydroxyl groups excluding tert-OH is 1. The van der Waals surface area contributed by atoms with Crippen LogP contribution in [0.15, 0.2) is 18.2 Å². The maximum Gasteiger partial charge on any atom is 0.272 e. The molecule has 15 heavy (non-hydrogen) atoms. The average molecular weight is 209 g/mol. The molecule has 0 amide bonds. The normalized spacial score (nSPS) is 12.5. The molecule has 0 spiro atoms. The number of aryl methyl sites for hydroxylation is 2. The number of hydrogen-bond acceptors (Lipinski definition) is 3. The van der Waals surface area contributed by atoms with Crippen molar-refractivity contribution in [2.75, 3.05) is 0 Å². The van der Waals surface area contributed by atoms with Crippen molar-refractivity contribution in [3.63, 3.8) is 0 Å². The highest BCUT2D eigenvalue weighted by atomic mass is 16.6. The lowest BCUT2D eigenvalue weighted by Crippen LogP contribution is -2.03. The van der Waals surface area contributed by atoms with Gasteiger partial charge in [0.2, 0.25) is 0 Å². The Bertz CT molecular complexity index is 361. The predicted molar refractivity (Wildman–Crippen MR) is 57.8 cm³/mol. The van der Waals surface area contributed by atoms with Gasteiger partial charge in [0.1, 0.15) is 0 Å². The van der Waals surface area contributed by atoms with E-state index in [2.05, 4.69) is 0 Å². The summed E-state index contributed by atoms with van der Waals surface area (Å²) < 4.78 is 0. The van der Waals surface area contributed by atoms with Gasteiger partial charge in [0.15, 0.2) is 0 Å². The maximum atomic E-state index is 10.7. The molecule has 4 heteroatoms. The first-order chi connectivity index (χ1) is 7.00. The fourth-order valence-electron chi connectivity index (χ4n) is 1.46. The van der Waals surface area contributed by atoms with Crippen LogP contribution in [0.25, 0.3) is 0 Å². The zero-order valence-corrected chi connectivity index (χ0v) is 8.93. The molecule has 82 valence electrons. The summed E-state index contributed by atoms with van der Waals surface area (Å²) in [5.41, 5.74) is 1.84. The molecule has 1 atom stereocenters. The smallest absolute Gasteiger partial charge is 0.272 e. The highest BCUT2D eigenvalue weighted by molar-refractivity contribution is 5.42. The molecule has 0 saturated carbocycles. The zero-order valence-electron chi connectivity index (χ0n) is 8.93. The van der Waals surface area contributed by atoms with E-state index in [1.807, 2.05) is 6.92 Å². The van der Waals surface area contributed by atoms with Crippen LogP contribution in [0.4, 0.5) is 5.69 Å². The number of nitro groups is 1. The number of nitro benzene ring substituents is 1. The molecule has 1 aromatic rings. The molecule has 0 aliphatic carbocycles. The van der Waals surface area contributed by atoms with E-state index >= 15 is 0 Å². The van der Waals surface area contributed by atoms with Crippen LogP contribution in [0.1, 0.15) is 24.5 Å². The van der Waals surface area contributed by atoms with E-state index in [9.17, 15) is 10.1 Å². The lowest BCUT2D eigenvalue weighted by molar-refractivity contribution is -0.385. The van der Waals surface area contributed by atoms with Gasteiger partial charge in [-0.1, -0.05) is 11.6 Å². The Hall–Kier alpha value is -1.42. The third-order valence-electron chi connectivity index (χ3n) is 2.26. The van der Waals surface area contributed by atoms with Crippen molar-refractivity contribution in [3.05, 3.63) is 39.4 Å². The summed E-state index contributed by atoms with van der Waals surface area (Å²) in [6, 6.07) is 5.05. The van der Waals surface area contributed by atoms with Gasteiger partial charge in [0, 0.05) is 11.6 Å².